The molecule has 0 saturated carbocycles. The Kier molecular flexibility index (Phi) is 4.44. The lowest BCUT2D eigenvalue weighted by Gasteiger charge is -1.97. The minimum atomic E-state index is -0.299. The first kappa shape index (κ1) is 15.6. The summed E-state index contributed by atoms with van der Waals surface area (Å²) < 4.78 is 5.49. The topological polar surface area (TPSA) is 59.3 Å². The van der Waals surface area contributed by atoms with Crippen LogP contribution in [0.15, 0.2) is 59.0 Å². The Hall–Kier alpha value is -3.32. The summed E-state index contributed by atoms with van der Waals surface area (Å²) in [7, 11) is 0. The van der Waals surface area contributed by atoms with Crippen molar-refractivity contribution in [3.63, 3.8) is 0 Å². The van der Waals surface area contributed by atoms with Crippen molar-refractivity contribution < 1.29 is 14.0 Å². The number of rotatable bonds is 3. The van der Waals surface area contributed by atoms with Gasteiger partial charge in [0, 0.05) is 16.5 Å². The van der Waals surface area contributed by atoms with Crippen LogP contribution in [0.5, 0.6) is 0 Å². The smallest absolute Gasteiger partial charge is 0.287 e. The van der Waals surface area contributed by atoms with Crippen LogP contribution in [0.4, 0.5) is 0 Å². The summed E-state index contributed by atoms with van der Waals surface area (Å²) in [4.78, 5) is 23.2. The van der Waals surface area contributed by atoms with E-state index in [0.717, 1.165) is 10.9 Å². The van der Waals surface area contributed by atoms with Gasteiger partial charge in [0.2, 0.25) is 0 Å². The SMILES string of the molecule is CC(=O)c1ccc(C#CCNC(=O)c2cc3ccccc3o2)cc1. The summed E-state index contributed by atoms with van der Waals surface area (Å²) in [6.07, 6.45) is 0. The summed E-state index contributed by atoms with van der Waals surface area (Å²) >= 11 is 0. The van der Waals surface area contributed by atoms with E-state index in [2.05, 4.69) is 17.2 Å². The molecule has 0 aliphatic carbocycles. The number of furan rings is 1. The summed E-state index contributed by atoms with van der Waals surface area (Å²) in [6, 6.07) is 16.2. The van der Waals surface area contributed by atoms with Crippen molar-refractivity contribution >= 4 is 22.7 Å². The van der Waals surface area contributed by atoms with Gasteiger partial charge < -0.3 is 9.73 Å². The van der Waals surface area contributed by atoms with Gasteiger partial charge in [0.05, 0.1) is 6.54 Å². The van der Waals surface area contributed by atoms with E-state index in [1.54, 1.807) is 30.3 Å². The predicted octanol–water partition coefficient (Wildman–Crippen LogP) is 3.42. The molecule has 1 amide bonds. The normalized spacial score (nSPS) is 10.0. The molecule has 1 heterocycles. The zero-order valence-corrected chi connectivity index (χ0v) is 13.1. The Balaban J connectivity index is 1.60. The number of para-hydroxylation sites is 1. The maximum Gasteiger partial charge on any atom is 0.287 e. The molecule has 24 heavy (non-hydrogen) atoms. The average Bonchev–Trinajstić information content (AvgIpc) is 3.03. The third kappa shape index (κ3) is 3.53. The number of benzene rings is 2. The van der Waals surface area contributed by atoms with Gasteiger partial charge in [0.1, 0.15) is 5.58 Å². The van der Waals surface area contributed by atoms with Gasteiger partial charge in [-0.1, -0.05) is 42.2 Å². The molecule has 0 radical (unpaired) electrons. The number of nitrogens with one attached hydrogen (secondary N) is 1. The molecule has 0 fully saturated rings. The van der Waals surface area contributed by atoms with Crippen LogP contribution in [0.3, 0.4) is 0 Å². The lowest BCUT2D eigenvalue weighted by molar-refractivity contribution is 0.0932. The fraction of sp³-hybridized carbons (Fsp3) is 0.100. The second kappa shape index (κ2) is 6.84. The molecule has 0 spiro atoms. The van der Waals surface area contributed by atoms with Gasteiger partial charge >= 0.3 is 0 Å². The first-order valence-corrected chi connectivity index (χ1v) is 7.50. The molecule has 0 aliphatic heterocycles. The first-order chi connectivity index (χ1) is 11.6. The van der Waals surface area contributed by atoms with Crippen LogP contribution in [0.25, 0.3) is 11.0 Å². The number of hydrogen-bond donors (Lipinski definition) is 1. The van der Waals surface area contributed by atoms with Crippen molar-refractivity contribution in [3.8, 4) is 11.8 Å². The van der Waals surface area contributed by atoms with Crippen LogP contribution < -0.4 is 5.32 Å². The highest BCUT2D eigenvalue weighted by Crippen LogP contribution is 2.18. The molecule has 118 valence electrons. The van der Waals surface area contributed by atoms with Gasteiger partial charge in [0.15, 0.2) is 11.5 Å². The Labute approximate surface area is 139 Å². The Bertz CT molecular complexity index is 923. The van der Waals surface area contributed by atoms with Crippen molar-refractivity contribution in [2.45, 2.75) is 6.92 Å². The minimum absolute atomic E-state index is 0.0209. The third-order valence-electron chi connectivity index (χ3n) is 3.51. The van der Waals surface area contributed by atoms with Crippen molar-refractivity contribution in [1.82, 2.24) is 5.32 Å². The summed E-state index contributed by atoms with van der Waals surface area (Å²) in [6.45, 7) is 1.73. The van der Waals surface area contributed by atoms with Gasteiger partial charge in [0.25, 0.3) is 5.91 Å². The summed E-state index contributed by atoms with van der Waals surface area (Å²) in [5.41, 5.74) is 2.12. The van der Waals surface area contributed by atoms with Gasteiger partial charge in [-0.05, 0) is 31.2 Å². The molecule has 0 bridgehead atoms. The molecular formula is C20H15NO3. The van der Waals surface area contributed by atoms with Crippen LogP contribution in [0.1, 0.15) is 33.4 Å². The van der Waals surface area contributed by atoms with Crippen LogP contribution in [-0.4, -0.2) is 18.2 Å². The molecule has 3 rings (SSSR count). The van der Waals surface area contributed by atoms with Crippen LogP contribution >= 0.6 is 0 Å². The maximum atomic E-state index is 12.0. The van der Waals surface area contributed by atoms with Crippen LogP contribution in [0.2, 0.25) is 0 Å². The largest absolute Gasteiger partial charge is 0.451 e. The van der Waals surface area contributed by atoms with E-state index in [1.807, 2.05) is 24.3 Å². The highest BCUT2D eigenvalue weighted by atomic mass is 16.3. The van der Waals surface area contributed by atoms with E-state index in [1.165, 1.54) is 6.92 Å². The van der Waals surface area contributed by atoms with E-state index < -0.39 is 0 Å². The number of carbonyl (C=O) groups excluding carboxylic acids is 2. The molecule has 1 aromatic heterocycles. The van der Waals surface area contributed by atoms with Gasteiger partial charge in [-0.25, -0.2) is 0 Å². The number of amides is 1. The van der Waals surface area contributed by atoms with E-state index in [0.29, 0.717) is 11.1 Å². The number of carbonyl (C=O) groups is 2. The molecule has 0 atom stereocenters. The Morgan fingerprint density at radius 3 is 2.54 bits per heavy atom. The predicted molar refractivity (Wildman–Crippen MR) is 91.9 cm³/mol. The van der Waals surface area contributed by atoms with E-state index in [-0.39, 0.29) is 24.0 Å². The number of ketones is 1. The third-order valence-corrected chi connectivity index (χ3v) is 3.51. The molecule has 1 N–H and O–H groups in total. The maximum absolute atomic E-state index is 12.0. The van der Waals surface area contributed by atoms with E-state index >= 15 is 0 Å². The van der Waals surface area contributed by atoms with E-state index in [4.69, 9.17) is 4.42 Å². The molecule has 3 aromatic rings. The van der Waals surface area contributed by atoms with Crippen molar-refractivity contribution in [2.24, 2.45) is 0 Å². The number of Topliss-reactive ketones (excluding diaryl/α,β-unsaturated/α-hetero) is 1. The highest BCUT2D eigenvalue weighted by molar-refractivity contribution is 5.96. The van der Waals surface area contributed by atoms with Gasteiger partial charge in [-0.15, -0.1) is 0 Å². The summed E-state index contributed by atoms with van der Waals surface area (Å²) in [5.74, 6) is 5.80. The van der Waals surface area contributed by atoms with Gasteiger partial charge in [-0.2, -0.15) is 0 Å². The fourth-order valence-electron chi connectivity index (χ4n) is 2.24. The summed E-state index contributed by atoms with van der Waals surface area (Å²) in [5, 5.41) is 3.59. The monoisotopic (exact) mass is 317 g/mol. The standard InChI is InChI=1S/C20H15NO3/c1-14(22)16-10-8-15(9-11-16)5-4-12-21-20(23)19-13-17-6-2-3-7-18(17)24-19/h2-3,6-11,13H,12H2,1H3,(H,21,23). The van der Waals surface area contributed by atoms with Crippen molar-refractivity contribution in [1.29, 1.82) is 0 Å². The fourth-order valence-corrected chi connectivity index (χ4v) is 2.24. The van der Waals surface area contributed by atoms with Crippen LogP contribution in [-0.2, 0) is 0 Å². The molecule has 0 saturated heterocycles. The average molecular weight is 317 g/mol. The van der Waals surface area contributed by atoms with Crippen molar-refractivity contribution in [2.75, 3.05) is 6.54 Å². The molecular weight excluding hydrogens is 302 g/mol. The Morgan fingerprint density at radius 2 is 1.83 bits per heavy atom. The molecule has 2 aromatic carbocycles. The van der Waals surface area contributed by atoms with Crippen molar-refractivity contribution in [3.05, 3.63) is 71.5 Å². The quantitative estimate of drug-likeness (QED) is 0.595. The van der Waals surface area contributed by atoms with Crippen LogP contribution in [0, 0.1) is 11.8 Å². The minimum Gasteiger partial charge on any atom is -0.451 e. The van der Waals surface area contributed by atoms with Gasteiger partial charge in [-0.3, -0.25) is 9.59 Å². The second-order valence-electron chi connectivity index (χ2n) is 5.27. The second-order valence-corrected chi connectivity index (χ2v) is 5.27. The number of hydrogen-bond acceptors (Lipinski definition) is 3. The first-order valence-electron chi connectivity index (χ1n) is 7.50. The highest BCUT2D eigenvalue weighted by Gasteiger charge is 2.10. The lowest BCUT2D eigenvalue weighted by atomic mass is 10.1. The number of fused-ring (bicyclic) bond motifs is 1. The molecule has 0 unspecified atom stereocenters. The zero-order valence-electron chi connectivity index (χ0n) is 13.1. The molecule has 0 aliphatic rings. The lowest BCUT2D eigenvalue weighted by Crippen LogP contribution is -2.22. The Morgan fingerprint density at radius 1 is 1.08 bits per heavy atom. The molecule has 4 heteroatoms. The van der Waals surface area contributed by atoms with E-state index in [9.17, 15) is 9.59 Å². The zero-order chi connectivity index (χ0) is 16.9. The molecule has 4 nitrogen and oxygen atoms in total.